The number of aromatic nitrogens is 3. The van der Waals surface area contributed by atoms with Gasteiger partial charge < -0.3 is 5.32 Å². The van der Waals surface area contributed by atoms with E-state index in [4.69, 9.17) is 5.10 Å². The van der Waals surface area contributed by atoms with Crippen LogP contribution in [0.5, 0.6) is 0 Å². The average molecular weight is 406 g/mol. The second-order valence-corrected chi connectivity index (χ2v) is 8.58. The van der Waals surface area contributed by atoms with Crippen molar-refractivity contribution in [3.63, 3.8) is 0 Å². The third-order valence-corrected chi connectivity index (χ3v) is 6.73. The number of hydrogen-bond acceptors (Lipinski definition) is 4. The van der Waals surface area contributed by atoms with Gasteiger partial charge in [0.2, 0.25) is 0 Å². The summed E-state index contributed by atoms with van der Waals surface area (Å²) in [6.07, 6.45) is 4.32. The highest BCUT2D eigenvalue weighted by molar-refractivity contribution is 5.59. The van der Waals surface area contributed by atoms with Gasteiger partial charge in [-0.15, -0.1) is 0 Å². The van der Waals surface area contributed by atoms with Crippen LogP contribution in [0.4, 0.5) is 4.39 Å². The first-order valence-corrected chi connectivity index (χ1v) is 10.8. The molecule has 3 aliphatic heterocycles. The van der Waals surface area contributed by atoms with Gasteiger partial charge in [0.15, 0.2) is 0 Å². The van der Waals surface area contributed by atoms with Gasteiger partial charge in [0, 0.05) is 56.1 Å². The predicted octanol–water partition coefficient (Wildman–Crippen LogP) is 3.59. The molecule has 0 saturated carbocycles. The number of piperidine rings is 3. The van der Waals surface area contributed by atoms with E-state index in [1.165, 1.54) is 37.2 Å². The Morgan fingerprint density at radius 2 is 2.03 bits per heavy atom. The molecule has 5 heterocycles. The molecule has 30 heavy (non-hydrogen) atoms. The number of benzene rings is 1. The maximum Gasteiger partial charge on any atom is 0.123 e. The van der Waals surface area contributed by atoms with Gasteiger partial charge in [0.25, 0.3) is 0 Å². The molecular formula is C24H28FN5. The van der Waals surface area contributed by atoms with Crippen LogP contribution in [-0.2, 0) is 13.6 Å². The van der Waals surface area contributed by atoms with E-state index in [0.29, 0.717) is 17.9 Å². The van der Waals surface area contributed by atoms with E-state index in [-0.39, 0.29) is 5.82 Å². The zero-order valence-corrected chi connectivity index (χ0v) is 17.3. The number of halogens is 1. The van der Waals surface area contributed by atoms with E-state index in [9.17, 15) is 4.39 Å². The Bertz CT molecular complexity index is 985. The first-order chi connectivity index (χ1) is 14.7. The van der Waals surface area contributed by atoms with E-state index < -0.39 is 0 Å². The monoisotopic (exact) mass is 405 g/mol. The van der Waals surface area contributed by atoms with E-state index in [2.05, 4.69) is 27.3 Å². The lowest BCUT2D eigenvalue weighted by molar-refractivity contribution is 0.0281. The van der Waals surface area contributed by atoms with E-state index in [1.807, 2.05) is 30.1 Å². The van der Waals surface area contributed by atoms with Crippen LogP contribution >= 0.6 is 0 Å². The number of nitrogens with zero attached hydrogens (tertiary/aromatic N) is 4. The molecule has 0 radical (unpaired) electrons. The molecule has 1 N–H and O–H groups in total. The molecule has 4 atom stereocenters. The van der Waals surface area contributed by atoms with Crippen molar-refractivity contribution >= 4 is 0 Å². The van der Waals surface area contributed by atoms with Crippen molar-refractivity contribution in [1.29, 1.82) is 0 Å². The minimum atomic E-state index is -0.213. The number of aryl methyl sites for hydroxylation is 1. The van der Waals surface area contributed by atoms with Crippen molar-refractivity contribution in [1.82, 2.24) is 25.0 Å². The van der Waals surface area contributed by atoms with Crippen LogP contribution in [0.2, 0.25) is 0 Å². The second kappa shape index (κ2) is 8.28. The fourth-order valence-electron chi connectivity index (χ4n) is 5.15. The fourth-order valence-corrected chi connectivity index (χ4v) is 5.15. The molecule has 4 unspecified atom stereocenters. The Morgan fingerprint density at radius 3 is 2.77 bits per heavy atom. The lowest BCUT2D eigenvalue weighted by Gasteiger charge is -2.50. The Hall–Kier alpha value is -2.57. The molecule has 5 nitrogen and oxygen atoms in total. The Kier molecular flexibility index (Phi) is 5.35. The highest BCUT2D eigenvalue weighted by Gasteiger charge is 2.41. The predicted molar refractivity (Wildman–Crippen MR) is 115 cm³/mol. The van der Waals surface area contributed by atoms with Crippen LogP contribution in [0.1, 0.15) is 30.1 Å². The van der Waals surface area contributed by atoms with Crippen LogP contribution in [0.15, 0.2) is 54.7 Å². The molecule has 3 aliphatic rings. The van der Waals surface area contributed by atoms with Gasteiger partial charge in [-0.1, -0.05) is 6.07 Å². The quantitative estimate of drug-likeness (QED) is 0.681. The van der Waals surface area contributed by atoms with E-state index in [0.717, 1.165) is 36.6 Å². The summed E-state index contributed by atoms with van der Waals surface area (Å²) in [5.74, 6) is 0.987. The van der Waals surface area contributed by atoms with Gasteiger partial charge in [-0.3, -0.25) is 14.6 Å². The normalized spacial score (nSPS) is 25.5. The third-order valence-electron chi connectivity index (χ3n) is 6.73. The number of fused-ring (bicyclic) bond motifs is 3. The highest BCUT2D eigenvalue weighted by atomic mass is 19.1. The van der Waals surface area contributed by atoms with Gasteiger partial charge in [0.1, 0.15) is 5.82 Å². The number of pyridine rings is 1. The van der Waals surface area contributed by atoms with Gasteiger partial charge >= 0.3 is 0 Å². The largest absolute Gasteiger partial charge is 0.310 e. The molecule has 2 bridgehead atoms. The molecular weight excluding hydrogens is 377 g/mol. The highest BCUT2D eigenvalue weighted by Crippen LogP contribution is 2.42. The Balaban J connectivity index is 1.24. The van der Waals surface area contributed by atoms with Crippen molar-refractivity contribution in [3.05, 3.63) is 71.9 Å². The molecule has 0 spiro atoms. The standard InChI is InChI=1S/C24H28FN5/c1-29-24(13-23(28-29)17-5-7-19(25)8-6-17)22-16-30-11-9-18(22)12-21(30)15-26-14-20-4-2-3-10-27-20/h2-8,10,13,18,21-22,26H,9,11-12,14-16H2,1H3. The Morgan fingerprint density at radius 1 is 1.17 bits per heavy atom. The van der Waals surface area contributed by atoms with Gasteiger partial charge in [-0.2, -0.15) is 5.10 Å². The smallest absolute Gasteiger partial charge is 0.123 e. The summed E-state index contributed by atoms with van der Waals surface area (Å²) in [7, 11) is 2.03. The molecule has 6 rings (SSSR count). The fraction of sp³-hybridized carbons (Fsp3) is 0.417. The molecule has 0 amide bonds. The van der Waals surface area contributed by atoms with Crippen LogP contribution in [-0.4, -0.2) is 45.3 Å². The lowest BCUT2D eigenvalue weighted by Crippen LogP contribution is -2.55. The molecule has 1 aromatic carbocycles. The maximum atomic E-state index is 13.3. The molecule has 0 aliphatic carbocycles. The van der Waals surface area contributed by atoms with Crippen LogP contribution in [0, 0.1) is 11.7 Å². The van der Waals surface area contributed by atoms with Crippen molar-refractivity contribution in [2.75, 3.05) is 19.6 Å². The molecule has 3 aromatic rings. The minimum Gasteiger partial charge on any atom is -0.310 e. The van der Waals surface area contributed by atoms with Crippen LogP contribution in [0.3, 0.4) is 0 Å². The maximum absolute atomic E-state index is 13.3. The first kappa shape index (κ1) is 19.4. The van der Waals surface area contributed by atoms with E-state index in [1.54, 1.807) is 12.1 Å². The number of rotatable bonds is 6. The summed E-state index contributed by atoms with van der Waals surface area (Å²) in [4.78, 5) is 7.04. The molecule has 6 heteroatoms. The summed E-state index contributed by atoms with van der Waals surface area (Å²) in [6.45, 7) is 4.09. The second-order valence-electron chi connectivity index (χ2n) is 8.58. The first-order valence-electron chi connectivity index (χ1n) is 10.8. The van der Waals surface area contributed by atoms with Gasteiger partial charge in [-0.05, 0) is 67.8 Å². The van der Waals surface area contributed by atoms with Crippen LogP contribution < -0.4 is 5.32 Å². The third kappa shape index (κ3) is 3.89. The minimum absolute atomic E-state index is 0.213. The van der Waals surface area contributed by atoms with E-state index >= 15 is 0 Å². The number of nitrogens with one attached hydrogen (secondary N) is 1. The molecule has 3 fully saturated rings. The van der Waals surface area contributed by atoms with Crippen molar-refractivity contribution in [2.45, 2.75) is 31.3 Å². The SMILES string of the molecule is Cn1nc(-c2ccc(F)cc2)cc1C1CN2CCC1CC2CNCc1ccccn1. The van der Waals surface area contributed by atoms with Crippen molar-refractivity contribution in [3.8, 4) is 11.3 Å². The van der Waals surface area contributed by atoms with Gasteiger partial charge in [-0.25, -0.2) is 4.39 Å². The van der Waals surface area contributed by atoms with Gasteiger partial charge in [0.05, 0.1) is 11.4 Å². The lowest BCUT2D eigenvalue weighted by atomic mass is 9.74. The molecule has 2 aromatic heterocycles. The zero-order valence-electron chi connectivity index (χ0n) is 17.3. The van der Waals surface area contributed by atoms with Crippen molar-refractivity contribution in [2.24, 2.45) is 13.0 Å². The van der Waals surface area contributed by atoms with Crippen LogP contribution in [0.25, 0.3) is 11.3 Å². The molecule has 3 saturated heterocycles. The topological polar surface area (TPSA) is 46.0 Å². The summed E-state index contributed by atoms with van der Waals surface area (Å²) in [5.41, 5.74) is 4.28. The summed E-state index contributed by atoms with van der Waals surface area (Å²) < 4.78 is 15.3. The summed E-state index contributed by atoms with van der Waals surface area (Å²) in [6, 6.07) is 15.5. The summed E-state index contributed by atoms with van der Waals surface area (Å²) >= 11 is 0. The zero-order chi connectivity index (χ0) is 20.5. The summed E-state index contributed by atoms with van der Waals surface area (Å²) in [5, 5.41) is 8.33. The average Bonchev–Trinajstić information content (AvgIpc) is 3.17. The number of hydrogen-bond donors (Lipinski definition) is 1. The molecule has 156 valence electrons. The Labute approximate surface area is 176 Å². The van der Waals surface area contributed by atoms with Crippen molar-refractivity contribution < 1.29 is 4.39 Å².